The number of allylic oxidation sites excluding steroid dienone is 1. The van der Waals surface area contributed by atoms with Gasteiger partial charge in [-0.1, -0.05) is 64.7 Å². The molecule has 3 rings (SSSR count). The Bertz CT molecular complexity index is 1160. The molecule has 2 aromatic carbocycles. The van der Waals surface area contributed by atoms with Crippen molar-refractivity contribution >= 4 is 27.5 Å². The van der Waals surface area contributed by atoms with Gasteiger partial charge in [-0.05, 0) is 66.1 Å². The van der Waals surface area contributed by atoms with Crippen molar-refractivity contribution in [3.63, 3.8) is 0 Å². The fourth-order valence-corrected chi connectivity index (χ4v) is 6.30. The molecule has 1 heterocycles. The SMILES string of the molecule is CCCCCCCOc1cc2c(cc1/C(C)=C\c1ccc(C(=O)O)cc1)C(C)(C)CCS2(=O)=O. The van der Waals surface area contributed by atoms with E-state index < -0.39 is 15.8 Å². The summed E-state index contributed by atoms with van der Waals surface area (Å²) in [6, 6.07) is 10.4. The number of sulfone groups is 1. The predicted molar refractivity (Wildman–Crippen MR) is 137 cm³/mol. The standard InChI is InChI=1S/C28H36O5S/c1-5-6-7-8-9-15-33-25-19-26-24(28(3,4)14-16-34(26,31)32)18-23(25)20(2)17-21-10-12-22(13-11-21)27(29)30/h10-13,17-19H,5-9,14-16H2,1-4H3,(H,29,30)/b20-17-. The first kappa shape index (κ1) is 26.0. The van der Waals surface area contributed by atoms with E-state index in [9.17, 15) is 13.2 Å². The summed E-state index contributed by atoms with van der Waals surface area (Å²) in [6.45, 7) is 8.87. The van der Waals surface area contributed by atoms with Gasteiger partial charge in [0.2, 0.25) is 0 Å². The van der Waals surface area contributed by atoms with Gasteiger partial charge in [-0.2, -0.15) is 0 Å². The van der Waals surface area contributed by atoms with E-state index >= 15 is 0 Å². The number of rotatable bonds is 10. The van der Waals surface area contributed by atoms with E-state index in [4.69, 9.17) is 9.84 Å². The predicted octanol–water partition coefficient (Wildman–Crippen LogP) is 6.75. The van der Waals surface area contributed by atoms with Crippen LogP contribution in [0, 0.1) is 0 Å². The lowest BCUT2D eigenvalue weighted by molar-refractivity contribution is 0.0697. The molecular formula is C28H36O5S. The maximum absolute atomic E-state index is 12.9. The van der Waals surface area contributed by atoms with Crippen LogP contribution in [0.4, 0.5) is 0 Å². The Hall–Kier alpha value is -2.60. The van der Waals surface area contributed by atoms with Gasteiger partial charge in [-0.15, -0.1) is 0 Å². The minimum atomic E-state index is -3.35. The molecule has 1 N–H and O–H groups in total. The third-order valence-electron chi connectivity index (χ3n) is 6.61. The molecule has 0 atom stereocenters. The van der Waals surface area contributed by atoms with E-state index in [1.165, 1.54) is 19.3 Å². The number of aromatic carboxylic acids is 1. The largest absolute Gasteiger partial charge is 0.493 e. The van der Waals surface area contributed by atoms with Crippen molar-refractivity contribution in [1.29, 1.82) is 0 Å². The number of hydrogen-bond donors (Lipinski definition) is 1. The number of unbranched alkanes of at least 4 members (excludes halogenated alkanes) is 4. The molecule has 0 aliphatic carbocycles. The second-order valence-corrected chi connectivity index (χ2v) is 11.9. The molecule has 34 heavy (non-hydrogen) atoms. The summed E-state index contributed by atoms with van der Waals surface area (Å²) in [6.07, 6.45) is 8.13. The van der Waals surface area contributed by atoms with Crippen LogP contribution in [0.2, 0.25) is 0 Å². The minimum Gasteiger partial charge on any atom is -0.493 e. The number of carboxylic acids is 1. The molecule has 0 spiro atoms. The van der Waals surface area contributed by atoms with Gasteiger partial charge in [0.15, 0.2) is 9.84 Å². The summed E-state index contributed by atoms with van der Waals surface area (Å²) < 4.78 is 32.0. The number of carboxylic acid groups (broad SMARTS) is 1. The summed E-state index contributed by atoms with van der Waals surface area (Å²) in [5.41, 5.74) is 3.50. The fraction of sp³-hybridized carbons (Fsp3) is 0.464. The molecule has 0 saturated carbocycles. The molecule has 6 heteroatoms. The second-order valence-electron chi connectivity index (χ2n) is 9.81. The van der Waals surface area contributed by atoms with Gasteiger partial charge in [0, 0.05) is 5.56 Å². The highest BCUT2D eigenvalue weighted by molar-refractivity contribution is 7.91. The topological polar surface area (TPSA) is 80.7 Å². The van der Waals surface area contributed by atoms with Crippen LogP contribution in [0.15, 0.2) is 41.3 Å². The normalized spacial score (nSPS) is 16.6. The van der Waals surface area contributed by atoms with Crippen LogP contribution in [-0.4, -0.2) is 31.9 Å². The van der Waals surface area contributed by atoms with Gasteiger partial charge in [-0.25, -0.2) is 13.2 Å². The van der Waals surface area contributed by atoms with Crippen molar-refractivity contribution in [2.45, 2.75) is 76.5 Å². The molecule has 0 saturated heterocycles. The van der Waals surface area contributed by atoms with Crippen molar-refractivity contribution < 1.29 is 23.1 Å². The third kappa shape index (κ3) is 6.09. The zero-order valence-corrected chi connectivity index (χ0v) is 21.5. The van der Waals surface area contributed by atoms with Crippen LogP contribution in [0.1, 0.15) is 93.3 Å². The van der Waals surface area contributed by atoms with Gasteiger partial charge in [0.25, 0.3) is 0 Å². The number of fused-ring (bicyclic) bond motifs is 1. The van der Waals surface area contributed by atoms with E-state index in [1.54, 1.807) is 30.3 Å². The van der Waals surface area contributed by atoms with E-state index in [-0.39, 0.29) is 16.7 Å². The van der Waals surface area contributed by atoms with Gasteiger partial charge < -0.3 is 9.84 Å². The molecule has 0 unspecified atom stereocenters. The first-order valence-electron chi connectivity index (χ1n) is 12.1. The molecule has 1 aliphatic heterocycles. The molecule has 2 aromatic rings. The average molecular weight is 485 g/mol. The maximum Gasteiger partial charge on any atom is 0.335 e. The van der Waals surface area contributed by atoms with E-state index in [0.717, 1.165) is 35.1 Å². The zero-order chi connectivity index (χ0) is 24.9. The Morgan fingerprint density at radius 3 is 2.41 bits per heavy atom. The van der Waals surface area contributed by atoms with Gasteiger partial charge in [0.05, 0.1) is 22.8 Å². The van der Waals surface area contributed by atoms with E-state index in [0.29, 0.717) is 23.7 Å². The number of carbonyl (C=O) groups is 1. The maximum atomic E-state index is 12.9. The highest BCUT2D eigenvalue weighted by Gasteiger charge is 2.36. The molecular weight excluding hydrogens is 448 g/mol. The lowest BCUT2D eigenvalue weighted by Gasteiger charge is -2.33. The molecule has 1 aliphatic rings. The first-order valence-corrected chi connectivity index (χ1v) is 13.8. The fourth-order valence-electron chi connectivity index (χ4n) is 4.35. The van der Waals surface area contributed by atoms with Gasteiger partial charge >= 0.3 is 5.97 Å². The summed E-state index contributed by atoms with van der Waals surface area (Å²) in [4.78, 5) is 11.5. The van der Waals surface area contributed by atoms with Crippen molar-refractivity contribution in [3.8, 4) is 5.75 Å². The Labute approximate surface area is 203 Å². The summed E-state index contributed by atoms with van der Waals surface area (Å²) in [7, 11) is -3.35. The number of benzene rings is 2. The van der Waals surface area contributed by atoms with Crippen molar-refractivity contribution in [3.05, 3.63) is 58.7 Å². The Balaban J connectivity index is 1.99. The van der Waals surface area contributed by atoms with Crippen LogP contribution < -0.4 is 4.74 Å². The van der Waals surface area contributed by atoms with Crippen LogP contribution in [0.25, 0.3) is 11.6 Å². The van der Waals surface area contributed by atoms with E-state index in [1.807, 2.05) is 19.1 Å². The van der Waals surface area contributed by atoms with Crippen LogP contribution in [0.5, 0.6) is 5.75 Å². The average Bonchev–Trinajstić information content (AvgIpc) is 2.79. The van der Waals surface area contributed by atoms with Crippen molar-refractivity contribution in [1.82, 2.24) is 0 Å². The Morgan fingerprint density at radius 1 is 1.09 bits per heavy atom. The van der Waals surface area contributed by atoms with Crippen LogP contribution in [0.3, 0.4) is 0 Å². The highest BCUT2D eigenvalue weighted by atomic mass is 32.2. The first-order chi connectivity index (χ1) is 16.0. The molecule has 0 aromatic heterocycles. The molecule has 5 nitrogen and oxygen atoms in total. The van der Waals surface area contributed by atoms with E-state index in [2.05, 4.69) is 20.8 Å². The molecule has 0 fully saturated rings. The smallest absolute Gasteiger partial charge is 0.335 e. The van der Waals surface area contributed by atoms with Crippen LogP contribution >= 0.6 is 0 Å². The third-order valence-corrected chi connectivity index (χ3v) is 8.36. The minimum absolute atomic E-state index is 0.146. The Kier molecular flexibility index (Phi) is 8.24. The summed E-state index contributed by atoms with van der Waals surface area (Å²) in [5, 5.41) is 9.15. The molecule has 0 amide bonds. The number of ether oxygens (including phenoxy) is 1. The highest BCUT2D eigenvalue weighted by Crippen LogP contribution is 2.43. The zero-order valence-electron chi connectivity index (χ0n) is 20.7. The number of hydrogen-bond acceptors (Lipinski definition) is 4. The summed E-state index contributed by atoms with van der Waals surface area (Å²) >= 11 is 0. The monoisotopic (exact) mass is 484 g/mol. The molecule has 0 radical (unpaired) electrons. The van der Waals surface area contributed by atoms with Gasteiger partial charge in [-0.3, -0.25) is 0 Å². The van der Waals surface area contributed by atoms with Crippen molar-refractivity contribution in [2.75, 3.05) is 12.4 Å². The summed E-state index contributed by atoms with van der Waals surface area (Å²) in [5.74, 6) is -0.223. The quantitative estimate of drug-likeness (QED) is 0.298. The lowest BCUT2D eigenvalue weighted by atomic mass is 9.80. The lowest BCUT2D eigenvalue weighted by Crippen LogP contribution is -2.30. The Morgan fingerprint density at radius 2 is 1.76 bits per heavy atom. The van der Waals surface area contributed by atoms with Crippen molar-refractivity contribution in [2.24, 2.45) is 0 Å². The van der Waals surface area contributed by atoms with Gasteiger partial charge in [0.1, 0.15) is 5.75 Å². The molecule has 0 bridgehead atoms. The molecule has 184 valence electrons. The van der Waals surface area contributed by atoms with Crippen LogP contribution in [-0.2, 0) is 15.3 Å². The second kappa shape index (κ2) is 10.8.